The van der Waals surface area contributed by atoms with Crippen LogP contribution in [0.3, 0.4) is 0 Å². The topological polar surface area (TPSA) is 73.6 Å². The molecule has 6 heteroatoms. The summed E-state index contributed by atoms with van der Waals surface area (Å²) in [6.45, 7) is 0.274. The van der Waals surface area contributed by atoms with Crippen molar-refractivity contribution < 1.29 is 18.7 Å². The van der Waals surface area contributed by atoms with Crippen molar-refractivity contribution in [2.75, 3.05) is 14.2 Å². The Morgan fingerprint density at radius 1 is 1.32 bits per heavy atom. The largest absolute Gasteiger partial charge is 0.496 e. The summed E-state index contributed by atoms with van der Waals surface area (Å²) in [4.78, 5) is 16.1. The van der Waals surface area contributed by atoms with E-state index in [9.17, 15) is 4.79 Å². The molecule has 0 saturated carbocycles. The first kappa shape index (κ1) is 12.9. The Labute approximate surface area is 110 Å². The summed E-state index contributed by atoms with van der Waals surface area (Å²) < 4.78 is 15.2. The van der Waals surface area contributed by atoms with Crippen molar-refractivity contribution in [2.45, 2.75) is 6.54 Å². The van der Waals surface area contributed by atoms with Crippen LogP contribution in [-0.2, 0) is 6.54 Å². The number of nitrogens with one attached hydrogen (secondary N) is 1. The molecular formula is C13H14N2O4. The first-order valence-electron chi connectivity index (χ1n) is 5.62. The van der Waals surface area contributed by atoms with Crippen LogP contribution in [0.15, 0.2) is 35.3 Å². The molecule has 1 heterocycles. The molecule has 0 aliphatic carbocycles. The second kappa shape index (κ2) is 5.90. The molecule has 0 aliphatic rings. The van der Waals surface area contributed by atoms with E-state index >= 15 is 0 Å². The molecule has 1 aromatic heterocycles. The van der Waals surface area contributed by atoms with E-state index in [4.69, 9.17) is 13.9 Å². The van der Waals surface area contributed by atoms with Crippen LogP contribution >= 0.6 is 0 Å². The lowest BCUT2D eigenvalue weighted by Crippen LogP contribution is -2.24. The van der Waals surface area contributed by atoms with Gasteiger partial charge in [0.2, 0.25) is 0 Å². The summed E-state index contributed by atoms with van der Waals surface area (Å²) in [6, 6.07) is 5.16. The molecule has 0 fully saturated rings. The van der Waals surface area contributed by atoms with Crippen LogP contribution in [0.2, 0.25) is 0 Å². The van der Waals surface area contributed by atoms with E-state index in [0.29, 0.717) is 22.8 Å². The van der Waals surface area contributed by atoms with Gasteiger partial charge in [-0.15, -0.1) is 0 Å². The highest BCUT2D eigenvalue weighted by molar-refractivity contribution is 5.99. The van der Waals surface area contributed by atoms with Crippen molar-refractivity contribution >= 4 is 5.91 Å². The SMILES string of the molecule is COc1cccc(OC)c1C(=O)NCc1cocn1. The van der Waals surface area contributed by atoms with Crippen LogP contribution in [0.4, 0.5) is 0 Å². The molecule has 0 saturated heterocycles. The van der Waals surface area contributed by atoms with E-state index in [0.717, 1.165) is 0 Å². The molecule has 0 unspecified atom stereocenters. The van der Waals surface area contributed by atoms with Crippen molar-refractivity contribution in [3.8, 4) is 11.5 Å². The molecule has 1 amide bonds. The average Bonchev–Trinajstić information content (AvgIpc) is 2.97. The number of benzene rings is 1. The zero-order valence-electron chi connectivity index (χ0n) is 10.7. The highest BCUT2D eigenvalue weighted by Gasteiger charge is 2.17. The zero-order chi connectivity index (χ0) is 13.7. The number of methoxy groups -OCH3 is 2. The number of carbonyl (C=O) groups is 1. The van der Waals surface area contributed by atoms with Crippen LogP contribution in [0, 0.1) is 0 Å². The van der Waals surface area contributed by atoms with Crippen LogP contribution < -0.4 is 14.8 Å². The summed E-state index contributed by atoms with van der Waals surface area (Å²) in [5, 5.41) is 2.73. The monoisotopic (exact) mass is 262 g/mol. The zero-order valence-corrected chi connectivity index (χ0v) is 10.7. The first-order chi connectivity index (χ1) is 9.26. The van der Waals surface area contributed by atoms with Crippen LogP contribution in [0.5, 0.6) is 11.5 Å². The molecule has 2 rings (SSSR count). The van der Waals surface area contributed by atoms with E-state index in [1.54, 1.807) is 18.2 Å². The molecule has 0 bridgehead atoms. The fraction of sp³-hybridized carbons (Fsp3) is 0.231. The third-order valence-electron chi connectivity index (χ3n) is 2.57. The molecule has 0 radical (unpaired) electrons. The summed E-state index contributed by atoms with van der Waals surface area (Å²) in [6.07, 6.45) is 2.78. The fourth-order valence-electron chi connectivity index (χ4n) is 1.66. The Morgan fingerprint density at radius 2 is 2.00 bits per heavy atom. The number of aromatic nitrogens is 1. The Morgan fingerprint density at radius 3 is 2.53 bits per heavy atom. The number of nitrogens with zero attached hydrogens (tertiary/aromatic N) is 1. The lowest BCUT2D eigenvalue weighted by molar-refractivity contribution is 0.0944. The minimum atomic E-state index is -0.294. The molecule has 100 valence electrons. The van der Waals surface area contributed by atoms with Gasteiger partial charge in [-0.2, -0.15) is 0 Å². The van der Waals surface area contributed by atoms with E-state index in [2.05, 4.69) is 10.3 Å². The van der Waals surface area contributed by atoms with Crippen molar-refractivity contribution in [3.63, 3.8) is 0 Å². The van der Waals surface area contributed by atoms with Gasteiger partial charge in [0, 0.05) is 0 Å². The van der Waals surface area contributed by atoms with E-state index < -0.39 is 0 Å². The minimum absolute atomic E-state index is 0.274. The highest BCUT2D eigenvalue weighted by Crippen LogP contribution is 2.27. The smallest absolute Gasteiger partial charge is 0.259 e. The quantitative estimate of drug-likeness (QED) is 0.886. The molecule has 0 atom stereocenters. The minimum Gasteiger partial charge on any atom is -0.496 e. The predicted molar refractivity (Wildman–Crippen MR) is 67.2 cm³/mol. The van der Waals surface area contributed by atoms with Crippen LogP contribution in [0.25, 0.3) is 0 Å². The van der Waals surface area contributed by atoms with Crippen molar-refractivity contribution in [3.05, 3.63) is 42.1 Å². The van der Waals surface area contributed by atoms with E-state index in [1.807, 2.05) is 0 Å². The maximum absolute atomic E-state index is 12.2. The average molecular weight is 262 g/mol. The number of amides is 1. The normalized spacial score (nSPS) is 10.0. The number of oxazole rings is 1. The van der Waals surface area contributed by atoms with Crippen LogP contribution in [-0.4, -0.2) is 25.1 Å². The van der Waals surface area contributed by atoms with Crippen LogP contribution in [0.1, 0.15) is 16.1 Å². The first-order valence-corrected chi connectivity index (χ1v) is 5.62. The van der Waals surface area contributed by atoms with Gasteiger partial charge in [-0.05, 0) is 12.1 Å². The lowest BCUT2D eigenvalue weighted by atomic mass is 10.1. The van der Waals surface area contributed by atoms with Crippen molar-refractivity contribution in [1.82, 2.24) is 10.3 Å². The molecule has 0 aliphatic heterocycles. The molecule has 2 aromatic rings. The number of rotatable bonds is 5. The van der Waals surface area contributed by atoms with Gasteiger partial charge in [0.1, 0.15) is 23.3 Å². The van der Waals surface area contributed by atoms with Gasteiger partial charge in [-0.25, -0.2) is 4.98 Å². The van der Waals surface area contributed by atoms with Gasteiger partial charge in [0.05, 0.1) is 26.5 Å². The summed E-state index contributed by atoms with van der Waals surface area (Å²) in [5.41, 5.74) is 0.998. The van der Waals surface area contributed by atoms with Crippen molar-refractivity contribution in [1.29, 1.82) is 0 Å². The number of hydrogen-bond donors (Lipinski definition) is 1. The van der Waals surface area contributed by atoms with Gasteiger partial charge in [-0.1, -0.05) is 6.07 Å². The number of hydrogen-bond acceptors (Lipinski definition) is 5. The Hall–Kier alpha value is -2.50. The van der Waals surface area contributed by atoms with Gasteiger partial charge in [0.25, 0.3) is 5.91 Å². The summed E-state index contributed by atoms with van der Waals surface area (Å²) in [7, 11) is 3.01. The second-order valence-corrected chi connectivity index (χ2v) is 3.70. The maximum Gasteiger partial charge on any atom is 0.259 e. The van der Waals surface area contributed by atoms with Gasteiger partial charge in [0.15, 0.2) is 6.39 Å². The highest BCUT2D eigenvalue weighted by atomic mass is 16.5. The second-order valence-electron chi connectivity index (χ2n) is 3.70. The summed E-state index contributed by atoms with van der Waals surface area (Å²) >= 11 is 0. The molecule has 0 spiro atoms. The predicted octanol–water partition coefficient (Wildman–Crippen LogP) is 1.62. The lowest BCUT2D eigenvalue weighted by Gasteiger charge is -2.12. The summed E-state index contributed by atoms with van der Waals surface area (Å²) in [5.74, 6) is 0.617. The molecule has 6 nitrogen and oxygen atoms in total. The van der Waals surface area contributed by atoms with Gasteiger partial charge in [-0.3, -0.25) is 4.79 Å². The van der Waals surface area contributed by atoms with E-state index in [-0.39, 0.29) is 12.5 Å². The number of carbonyl (C=O) groups excluding carboxylic acids is 1. The standard InChI is InChI=1S/C13H14N2O4/c1-17-10-4-3-5-11(18-2)12(10)13(16)14-6-9-7-19-8-15-9/h3-5,7-8H,6H2,1-2H3,(H,14,16). The maximum atomic E-state index is 12.2. The third kappa shape index (κ3) is 2.85. The molecule has 1 aromatic carbocycles. The Balaban J connectivity index is 2.18. The number of ether oxygens (including phenoxy) is 2. The Kier molecular flexibility index (Phi) is 4.02. The molecular weight excluding hydrogens is 248 g/mol. The van der Waals surface area contributed by atoms with Gasteiger partial charge < -0.3 is 19.2 Å². The fourth-order valence-corrected chi connectivity index (χ4v) is 1.66. The van der Waals surface area contributed by atoms with Gasteiger partial charge >= 0.3 is 0 Å². The van der Waals surface area contributed by atoms with E-state index in [1.165, 1.54) is 26.9 Å². The third-order valence-corrected chi connectivity index (χ3v) is 2.57. The Bertz CT molecular complexity index is 530. The molecule has 19 heavy (non-hydrogen) atoms. The molecule has 1 N–H and O–H groups in total. The van der Waals surface area contributed by atoms with Crippen molar-refractivity contribution in [2.24, 2.45) is 0 Å².